The number of aryl methyl sites for hydroxylation is 1. The van der Waals surface area contributed by atoms with E-state index in [0.29, 0.717) is 39.1 Å². The number of ether oxygens (including phenoxy) is 1. The maximum Gasteiger partial charge on any atom is 0.410 e. The van der Waals surface area contributed by atoms with E-state index in [1.807, 2.05) is 80.2 Å². The summed E-state index contributed by atoms with van der Waals surface area (Å²) >= 11 is 0. The van der Waals surface area contributed by atoms with Crippen LogP contribution in [0.15, 0.2) is 65.8 Å². The first-order chi connectivity index (χ1) is 21.9. The summed E-state index contributed by atoms with van der Waals surface area (Å²) in [5, 5.41) is 16.5. The number of likely N-dealkylation sites (tertiary alicyclic amines) is 1. The van der Waals surface area contributed by atoms with Gasteiger partial charge in [-0.15, -0.1) is 0 Å². The van der Waals surface area contributed by atoms with E-state index in [1.54, 1.807) is 32.6 Å². The zero-order chi connectivity index (χ0) is 32.7. The van der Waals surface area contributed by atoms with Gasteiger partial charge in [-0.1, -0.05) is 43.2 Å². The molecule has 2 aliphatic heterocycles. The largest absolute Gasteiger partial charge is 0.444 e. The van der Waals surface area contributed by atoms with Crippen molar-refractivity contribution in [2.45, 2.75) is 76.7 Å². The van der Waals surface area contributed by atoms with Gasteiger partial charge in [0, 0.05) is 69.2 Å². The van der Waals surface area contributed by atoms with E-state index in [1.165, 1.54) is 0 Å². The molecular formula is C35H46N6O5. The molecule has 3 amide bonds. The molecule has 11 heteroatoms. The Bertz CT molecular complexity index is 1620. The van der Waals surface area contributed by atoms with Crippen LogP contribution in [0.25, 0.3) is 11.1 Å². The minimum atomic E-state index is -1.13. The normalized spacial score (nSPS) is 23.2. The highest BCUT2D eigenvalue weighted by atomic mass is 16.6. The Labute approximate surface area is 270 Å². The summed E-state index contributed by atoms with van der Waals surface area (Å²) in [5.74, 6) is 0. The van der Waals surface area contributed by atoms with Crippen LogP contribution in [-0.2, 0) is 18.3 Å². The third-order valence-corrected chi connectivity index (χ3v) is 10.0. The van der Waals surface area contributed by atoms with Crippen LogP contribution in [0.3, 0.4) is 0 Å². The molecule has 1 aromatic carbocycles. The highest BCUT2D eigenvalue weighted by Crippen LogP contribution is 2.52. The number of aromatic nitrogens is 3. The first-order valence-corrected chi connectivity index (χ1v) is 16.4. The second-order valence-electron chi connectivity index (χ2n) is 14.3. The van der Waals surface area contributed by atoms with Crippen LogP contribution in [0.5, 0.6) is 0 Å². The fourth-order valence-electron chi connectivity index (χ4n) is 7.58. The minimum Gasteiger partial charge on any atom is -0.444 e. The Morgan fingerprint density at radius 1 is 1.00 bits per heavy atom. The first kappa shape index (κ1) is 31.8. The van der Waals surface area contributed by atoms with Gasteiger partial charge in [0.15, 0.2) is 0 Å². The molecular weight excluding hydrogens is 584 g/mol. The molecule has 2 aromatic heterocycles. The number of hydrogen-bond donors (Lipinski definition) is 1. The quantitative estimate of drug-likeness (QED) is 0.449. The van der Waals surface area contributed by atoms with Crippen molar-refractivity contribution < 1.29 is 19.4 Å². The molecule has 11 nitrogen and oxygen atoms in total. The number of pyridine rings is 1. The highest BCUT2D eigenvalue weighted by Gasteiger charge is 2.56. The molecule has 0 bridgehead atoms. The van der Waals surface area contributed by atoms with Gasteiger partial charge in [-0.2, -0.15) is 5.10 Å². The lowest BCUT2D eigenvalue weighted by molar-refractivity contribution is -0.137. The van der Waals surface area contributed by atoms with Crippen LogP contribution in [0.4, 0.5) is 9.59 Å². The number of piperazine rings is 1. The zero-order valence-corrected chi connectivity index (χ0v) is 27.4. The minimum absolute atomic E-state index is 0.0796. The van der Waals surface area contributed by atoms with Crippen molar-refractivity contribution in [3.8, 4) is 11.1 Å². The summed E-state index contributed by atoms with van der Waals surface area (Å²) in [5.41, 5.74) is 0.190. The predicted molar refractivity (Wildman–Crippen MR) is 174 cm³/mol. The molecule has 2 atom stereocenters. The van der Waals surface area contributed by atoms with Crippen molar-refractivity contribution >= 4 is 12.1 Å². The number of urea groups is 1. The number of amides is 3. The molecule has 1 spiro atoms. The molecule has 1 saturated carbocycles. The topological polar surface area (TPSA) is 113 Å². The van der Waals surface area contributed by atoms with E-state index in [2.05, 4.69) is 5.10 Å². The number of benzene rings is 1. The number of nitrogens with zero attached hydrogens (tertiary/aromatic N) is 6. The van der Waals surface area contributed by atoms with Gasteiger partial charge in [-0.3, -0.25) is 9.48 Å². The molecule has 1 N–H and O–H groups in total. The molecule has 3 aromatic rings. The van der Waals surface area contributed by atoms with Crippen molar-refractivity contribution in [3.05, 3.63) is 77.0 Å². The lowest BCUT2D eigenvalue weighted by Crippen LogP contribution is -2.64. The molecule has 6 rings (SSSR count). The number of rotatable bonds is 4. The molecule has 2 saturated heterocycles. The van der Waals surface area contributed by atoms with Crippen LogP contribution >= 0.6 is 0 Å². The number of carbonyl (C=O) groups excluding carboxylic acids is 2. The Balaban J connectivity index is 1.21. The fraction of sp³-hybridized carbons (Fsp3) is 0.543. The predicted octanol–water partition coefficient (Wildman–Crippen LogP) is 4.66. The van der Waals surface area contributed by atoms with Gasteiger partial charge >= 0.3 is 12.1 Å². The smallest absolute Gasteiger partial charge is 0.410 e. The Kier molecular flexibility index (Phi) is 8.47. The second kappa shape index (κ2) is 12.2. The number of piperidine rings is 1. The lowest BCUT2D eigenvalue weighted by Gasteiger charge is -2.53. The molecule has 1 aliphatic carbocycles. The zero-order valence-electron chi connectivity index (χ0n) is 27.4. The average Bonchev–Trinajstić information content (AvgIpc) is 3.69. The number of aliphatic hydroxyl groups is 1. The lowest BCUT2D eigenvalue weighted by atomic mass is 9.66. The Hall–Kier alpha value is -4.12. The van der Waals surface area contributed by atoms with Gasteiger partial charge in [0.25, 0.3) is 5.56 Å². The maximum absolute atomic E-state index is 14.4. The average molecular weight is 631 g/mol. The number of hydrogen-bond acceptors (Lipinski definition) is 6. The molecule has 246 valence electrons. The van der Waals surface area contributed by atoms with Gasteiger partial charge in [0.1, 0.15) is 5.60 Å². The van der Waals surface area contributed by atoms with Crippen molar-refractivity contribution in [3.63, 3.8) is 0 Å². The van der Waals surface area contributed by atoms with E-state index >= 15 is 0 Å². The monoisotopic (exact) mass is 630 g/mol. The van der Waals surface area contributed by atoms with E-state index in [9.17, 15) is 19.5 Å². The van der Waals surface area contributed by atoms with Gasteiger partial charge in [0.2, 0.25) is 0 Å². The van der Waals surface area contributed by atoms with Crippen LogP contribution in [0.1, 0.15) is 64.5 Å². The summed E-state index contributed by atoms with van der Waals surface area (Å²) in [6.45, 7) is 7.64. The molecule has 3 fully saturated rings. The highest BCUT2D eigenvalue weighted by molar-refractivity contribution is 5.76. The van der Waals surface area contributed by atoms with Crippen LogP contribution in [0.2, 0.25) is 0 Å². The van der Waals surface area contributed by atoms with Crippen LogP contribution in [-0.4, -0.2) is 90.2 Å². The van der Waals surface area contributed by atoms with E-state index in [-0.39, 0.29) is 30.3 Å². The third kappa shape index (κ3) is 6.29. The van der Waals surface area contributed by atoms with Gasteiger partial charge in [-0.25, -0.2) is 9.59 Å². The van der Waals surface area contributed by atoms with Gasteiger partial charge in [-0.05, 0) is 57.2 Å². The SMILES string of the molecule is Cn1cc(-c2ccn(C[C@]3(O)CCN(C(=O)N4CCN(C(=O)OC(C)(C)C)C[C@H]4c4ccccc4)CC34CCCC4)c(=O)c2)cn1. The molecule has 3 aliphatic rings. The van der Waals surface area contributed by atoms with E-state index in [0.717, 1.165) is 42.4 Å². The Morgan fingerprint density at radius 2 is 1.74 bits per heavy atom. The van der Waals surface area contributed by atoms with Crippen molar-refractivity contribution in [1.29, 1.82) is 0 Å². The standard InChI is InChI=1S/C35H46N6O5/c1-33(2,3)46-32(44)38-18-19-41(29(23-38)26-10-6-5-7-11-26)31(43)40-17-15-35(45,34(24-40)13-8-9-14-34)25-39-16-12-27(20-30(39)42)28-21-36-37(4)22-28/h5-7,10-12,16,20-22,29,45H,8-9,13-15,17-19,23-25H2,1-4H3/t29-,35+/m0/s1. The van der Waals surface area contributed by atoms with Gasteiger partial charge in [0.05, 0.1) is 24.4 Å². The summed E-state index contributed by atoms with van der Waals surface area (Å²) in [6, 6.07) is 12.9. The van der Waals surface area contributed by atoms with E-state index in [4.69, 9.17) is 4.74 Å². The maximum atomic E-state index is 14.4. The molecule has 4 heterocycles. The van der Waals surface area contributed by atoms with E-state index < -0.39 is 16.6 Å². The summed E-state index contributed by atoms with van der Waals surface area (Å²) in [6.07, 6.45) is 8.90. The fourth-order valence-corrected chi connectivity index (χ4v) is 7.58. The van der Waals surface area contributed by atoms with Crippen molar-refractivity contribution in [2.24, 2.45) is 12.5 Å². The summed E-state index contributed by atoms with van der Waals surface area (Å²) in [4.78, 5) is 46.1. The Morgan fingerprint density at radius 3 is 2.39 bits per heavy atom. The second-order valence-corrected chi connectivity index (χ2v) is 14.3. The summed E-state index contributed by atoms with van der Waals surface area (Å²) in [7, 11) is 1.84. The van der Waals surface area contributed by atoms with Crippen LogP contribution in [0, 0.1) is 5.41 Å². The summed E-state index contributed by atoms with van der Waals surface area (Å²) < 4.78 is 8.97. The molecule has 46 heavy (non-hydrogen) atoms. The third-order valence-electron chi connectivity index (χ3n) is 10.0. The molecule has 0 radical (unpaired) electrons. The van der Waals surface area contributed by atoms with Gasteiger partial charge < -0.3 is 29.1 Å². The molecule has 0 unspecified atom stereocenters. The number of carbonyl (C=O) groups is 2. The van der Waals surface area contributed by atoms with Crippen molar-refractivity contribution in [1.82, 2.24) is 29.0 Å². The first-order valence-electron chi connectivity index (χ1n) is 16.4. The van der Waals surface area contributed by atoms with Crippen LogP contribution < -0.4 is 5.56 Å². The van der Waals surface area contributed by atoms with Crippen molar-refractivity contribution in [2.75, 3.05) is 32.7 Å².